The molecule has 0 fully saturated rings. The SMILES string of the molecule is CCc1c(Cl)cccc1-c1ccccc1Cl. The van der Waals surface area contributed by atoms with Gasteiger partial charge in [0, 0.05) is 15.6 Å². The molecule has 2 rings (SSSR count). The lowest BCUT2D eigenvalue weighted by atomic mass is 9.98. The van der Waals surface area contributed by atoms with Crippen LogP contribution in [0.4, 0.5) is 0 Å². The summed E-state index contributed by atoms with van der Waals surface area (Å²) in [6.45, 7) is 2.10. The summed E-state index contributed by atoms with van der Waals surface area (Å²) in [5, 5.41) is 1.57. The molecule has 0 nitrogen and oxygen atoms in total. The Labute approximate surface area is 106 Å². The molecular weight excluding hydrogens is 239 g/mol. The van der Waals surface area contributed by atoms with Crippen LogP contribution in [0.2, 0.25) is 10.0 Å². The zero-order valence-corrected chi connectivity index (χ0v) is 10.5. The Morgan fingerprint density at radius 1 is 0.812 bits per heavy atom. The first-order valence-electron chi connectivity index (χ1n) is 5.26. The molecule has 2 heteroatoms. The van der Waals surface area contributed by atoms with Crippen LogP contribution in [-0.2, 0) is 6.42 Å². The first-order valence-corrected chi connectivity index (χ1v) is 6.02. The minimum atomic E-state index is 0.763. The van der Waals surface area contributed by atoms with E-state index in [1.54, 1.807) is 0 Å². The van der Waals surface area contributed by atoms with E-state index in [-0.39, 0.29) is 0 Å². The van der Waals surface area contributed by atoms with Crippen LogP contribution < -0.4 is 0 Å². The lowest BCUT2D eigenvalue weighted by Crippen LogP contribution is -1.89. The summed E-state index contributed by atoms with van der Waals surface area (Å²) in [4.78, 5) is 0. The van der Waals surface area contributed by atoms with E-state index in [0.717, 1.165) is 33.2 Å². The fourth-order valence-electron chi connectivity index (χ4n) is 1.85. The van der Waals surface area contributed by atoms with Crippen molar-refractivity contribution in [3.05, 3.63) is 58.1 Å². The second-order valence-corrected chi connectivity index (χ2v) is 4.41. The maximum Gasteiger partial charge on any atom is 0.0484 e. The summed E-state index contributed by atoms with van der Waals surface area (Å²) in [7, 11) is 0. The quantitative estimate of drug-likeness (QED) is 0.686. The highest BCUT2D eigenvalue weighted by atomic mass is 35.5. The average Bonchev–Trinajstić information content (AvgIpc) is 2.29. The molecule has 0 bridgehead atoms. The van der Waals surface area contributed by atoms with Gasteiger partial charge in [0.25, 0.3) is 0 Å². The highest BCUT2D eigenvalue weighted by Gasteiger charge is 2.09. The Morgan fingerprint density at radius 2 is 1.44 bits per heavy atom. The van der Waals surface area contributed by atoms with Gasteiger partial charge in [0.1, 0.15) is 0 Å². The van der Waals surface area contributed by atoms with Gasteiger partial charge in [-0.2, -0.15) is 0 Å². The van der Waals surface area contributed by atoms with Crippen LogP contribution in [0.3, 0.4) is 0 Å². The molecule has 0 aliphatic rings. The Morgan fingerprint density at radius 3 is 2.12 bits per heavy atom. The van der Waals surface area contributed by atoms with Crippen LogP contribution in [0.5, 0.6) is 0 Å². The largest absolute Gasteiger partial charge is 0.0840 e. The number of hydrogen-bond donors (Lipinski definition) is 0. The maximum atomic E-state index is 6.20. The number of rotatable bonds is 2. The van der Waals surface area contributed by atoms with Gasteiger partial charge in [-0.25, -0.2) is 0 Å². The molecular formula is C14H12Cl2. The first kappa shape index (κ1) is 11.5. The van der Waals surface area contributed by atoms with Crippen LogP contribution in [0.1, 0.15) is 12.5 Å². The lowest BCUT2D eigenvalue weighted by Gasteiger charge is -2.11. The van der Waals surface area contributed by atoms with Crippen LogP contribution in [-0.4, -0.2) is 0 Å². The normalized spacial score (nSPS) is 10.4. The second-order valence-electron chi connectivity index (χ2n) is 3.60. The van der Waals surface area contributed by atoms with Gasteiger partial charge >= 0.3 is 0 Å². The molecule has 0 aliphatic carbocycles. The van der Waals surface area contributed by atoms with Crippen LogP contribution in [0.25, 0.3) is 11.1 Å². The molecule has 0 N–H and O–H groups in total. The molecule has 0 amide bonds. The van der Waals surface area contributed by atoms with Crippen molar-refractivity contribution < 1.29 is 0 Å². The van der Waals surface area contributed by atoms with Gasteiger partial charge in [-0.05, 0) is 29.7 Å². The fourth-order valence-corrected chi connectivity index (χ4v) is 2.40. The summed E-state index contributed by atoms with van der Waals surface area (Å²) in [6, 6.07) is 13.8. The molecule has 82 valence electrons. The Balaban J connectivity index is 2.65. The zero-order valence-electron chi connectivity index (χ0n) is 9.00. The standard InChI is InChI=1S/C14H12Cl2/c1-2-10-11(7-5-9-13(10)15)12-6-3-4-8-14(12)16/h3-9H,2H2,1H3. The molecule has 2 aromatic carbocycles. The highest BCUT2D eigenvalue weighted by molar-refractivity contribution is 6.34. The third-order valence-corrected chi connectivity index (χ3v) is 3.32. The van der Waals surface area contributed by atoms with E-state index in [1.807, 2.05) is 36.4 Å². The van der Waals surface area contributed by atoms with E-state index in [0.29, 0.717) is 0 Å². The van der Waals surface area contributed by atoms with Crippen molar-refractivity contribution in [2.24, 2.45) is 0 Å². The number of halogens is 2. The van der Waals surface area contributed by atoms with Gasteiger partial charge in [0.05, 0.1) is 0 Å². The molecule has 16 heavy (non-hydrogen) atoms. The predicted molar refractivity (Wildman–Crippen MR) is 71.3 cm³/mol. The van der Waals surface area contributed by atoms with E-state index < -0.39 is 0 Å². The first-order chi connectivity index (χ1) is 7.74. The third-order valence-electron chi connectivity index (χ3n) is 2.64. The molecule has 0 saturated carbocycles. The van der Waals surface area contributed by atoms with Gasteiger partial charge in [0.2, 0.25) is 0 Å². The van der Waals surface area contributed by atoms with Gasteiger partial charge < -0.3 is 0 Å². The smallest absolute Gasteiger partial charge is 0.0484 e. The fraction of sp³-hybridized carbons (Fsp3) is 0.143. The molecule has 0 atom stereocenters. The summed E-state index contributed by atoms with van der Waals surface area (Å²) in [5.41, 5.74) is 3.32. The van der Waals surface area contributed by atoms with E-state index in [1.165, 1.54) is 0 Å². The van der Waals surface area contributed by atoms with Gasteiger partial charge in [-0.1, -0.05) is 60.5 Å². The molecule has 0 unspecified atom stereocenters. The van der Waals surface area contributed by atoms with Crippen molar-refractivity contribution in [1.82, 2.24) is 0 Å². The summed E-state index contributed by atoms with van der Waals surface area (Å²) in [6.07, 6.45) is 0.903. The van der Waals surface area contributed by atoms with Crippen LogP contribution in [0.15, 0.2) is 42.5 Å². The second kappa shape index (κ2) is 4.90. The Kier molecular flexibility index (Phi) is 3.52. The van der Waals surface area contributed by atoms with Gasteiger partial charge in [-0.3, -0.25) is 0 Å². The minimum Gasteiger partial charge on any atom is -0.0840 e. The van der Waals surface area contributed by atoms with E-state index in [2.05, 4.69) is 13.0 Å². The number of hydrogen-bond acceptors (Lipinski definition) is 0. The summed E-state index contributed by atoms with van der Waals surface area (Å²) in [5.74, 6) is 0. The van der Waals surface area contributed by atoms with E-state index in [4.69, 9.17) is 23.2 Å². The molecule has 0 saturated heterocycles. The Bertz CT molecular complexity index is 504. The zero-order chi connectivity index (χ0) is 11.5. The lowest BCUT2D eigenvalue weighted by molar-refractivity contribution is 1.14. The summed E-state index contributed by atoms with van der Waals surface area (Å²) < 4.78 is 0. The predicted octanol–water partition coefficient (Wildman–Crippen LogP) is 5.22. The third kappa shape index (κ3) is 2.09. The van der Waals surface area contributed by atoms with Crippen molar-refractivity contribution in [2.75, 3.05) is 0 Å². The molecule has 0 aromatic heterocycles. The monoisotopic (exact) mass is 250 g/mol. The molecule has 2 aromatic rings. The molecule has 0 radical (unpaired) electrons. The topological polar surface area (TPSA) is 0 Å². The van der Waals surface area contributed by atoms with Crippen molar-refractivity contribution >= 4 is 23.2 Å². The van der Waals surface area contributed by atoms with Crippen molar-refractivity contribution in [2.45, 2.75) is 13.3 Å². The number of benzene rings is 2. The van der Waals surface area contributed by atoms with E-state index >= 15 is 0 Å². The van der Waals surface area contributed by atoms with Crippen LogP contribution >= 0.6 is 23.2 Å². The summed E-state index contributed by atoms with van der Waals surface area (Å²) >= 11 is 12.4. The minimum absolute atomic E-state index is 0.763. The molecule has 0 spiro atoms. The Hall–Kier alpha value is -0.980. The maximum absolute atomic E-state index is 6.20. The van der Waals surface area contributed by atoms with Crippen molar-refractivity contribution in [1.29, 1.82) is 0 Å². The van der Waals surface area contributed by atoms with Crippen LogP contribution in [0, 0.1) is 0 Å². The molecule has 0 aliphatic heterocycles. The highest BCUT2D eigenvalue weighted by Crippen LogP contribution is 2.33. The van der Waals surface area contributed by atoms with Crippen molar-refractivity contribution in [3.8, 4) is 11.1 Å². The molecule has 0 heterocycles. The van der Waals surface area contributed by atoms with Gasteiger partial charge in [0.15, 0.2) is 0 Å². The van der Waals surface area contributed by atoms with Crippen molar-refractivity contribution in [3.63, 3.8) is 0 Å². The van der Waals surface area contributed by atoms with E-state index in [9.17, 15) is 0 Å². The van der Waals surface area contributed by atoms with Gasteiger partial charge in [-0.15, -0.1) is 0 Å². The average molecular weight is 251 g/mol.